The topological polar surface area (TPSA) is 82.3 Å². The predicted octanol–water partition coefficient (Wildman–Crippen LogP) is 2.49. The van der Waals surface area contributed by atoms with Gasteiger partial charge in [-0.15, -0.1) is 11.3 Å². The van der Waals surface area contributed by atoms with Gasteiger partial charge in [-0.25, -0.2) is 9.78 Å². The molecule has 7 heteroatoms. The average molecular weight is 311 g/mol. The van der Waals surface area contributed by atoms with Crippen LogP contribution in [-0.4, -0.2) is 23.0 Å². The number of aromatic nitrogens is 1. The summed E-state index contributed by atoms with van der Waals surface area (Å²) in [6.07, 6.45) is -0.983. The van der Waals surface area contributed by atoms with E-state index in [0.717, 1.165) is 5.56 Å². The molecule has 20 heavy (non-hydrogen) atoms. The zero-order valence-electron chi connectivity index (χ0n) is 10.5. The van der Waals surface area contributed by atoms with Crippen molar-refractivity contribution in [3.8, 4) is 10.6 Å². The van der Waals surface area contributed by atoms with Crippen molar-refractivity contribution in [3.63, 3.8) is 0 Å². The van der Waals surface area contributed by atoms with Crippen LogP contribution in [0.4, 0.5) is 0 Å². The number of hydrogen-bond acceptors (Lipinski definition) is 5. The molecule has 2 aromatic rings. The molecule has 2 rings (SSSR count). The van der Waals surface area contributed by atoms with Crippen molar-refractivity contribution in [1.29, 1.82) is 0 Å². The molecule has 1 amide bonds. The smallest absolute Gasteiger partial charge is 0.358 e. The van der Waals surface area contributed by atoms with Crippen LogP contribution in [0.2, 0.25) is 5.02 Å². The molecular weight excluding hydrogens is 300 g/mol. The lowest BCUT2D eigenvalue weighted by atomic mass is 10.2. The molecule has 104 valence electrons. The largest absolute Gasteiger partial charge is 0.448 e. The Bertz CT molecular complexity index is 639. The molecule has 1 heterocycles. The predicted molar refractivity (Wildman–Crippen MR) is 76.6 cm³/mol. The molecule has 0 saturated carbocycles. The molecule has 0 aliphatic rings. The van der Waals surface area contributed by atoms with Crippen LogP contribution >= 0.6 is 22.9 Å². The molecule has 1 aromatic carbocycles. The van der Waals surface area contributed by atoms with Crippen LogP contribution in [0.5, 0.6) is 0 Å². The number of benzene rings is 1. The Kier molecular flexibility index (Phi) is 4.36. The van der Waals surface area contributed by atoms with Crippen molar-refractivity contribution in [2.75, 3.05) is 0 Å². The number of hydrogen-bond donors (Lipinski definition) is 1. The fraction of sp³-hybridized carbons (Fsp3) is 0.154. The second-order valence-electron chi connectivity index (χ2n) is 3.99. The number of nitrogens with zero attached hydrogens (tertiary/aromatic N) is 1. The summed E-state index contributed by atoms with van der Waals surface area (Å²) in [5.74, 6) is -1.38. The van der Waals surface area contributed by atoms with E-state index in [4.69, 9.17) is 22.1 Å². The van der Waals surface area contributed by atoms with Gasteiger partial charge in [0.2, 0.25) is 0 Å². The van der Waals surface area contributed by atoms with E-state index in [2.05, 4.69) is 4.98 Å². The molecule has 2 N–H and O–H groups in total. The first-order valence-electron chi connectivity index (χ1n) is 5.69. The highest BCUT2D eigenvalue weighted by molar-refractivity contribution is 7.13. The Hall–Kier alpha value is -1.92. The Morgan fingerprint density at radius 1 is 1.35 bits per heavy atom. The standard InChI is InChI=1S/C13H11ClN2O3S/c1-7(11(15)17)19-13(18)10-6-20-12(16-10)8-2-4-9(14)5-3-8/h2-7H,1H3,(H2,15,17). The van der Waals surface area contributed by atoms with Gasteiger partial charge in [0.05, 0.1) is 0 Å². The number of amides is 1. The van der Waals surface area contributed by atoms with Crippen LogP contribution < -0.4 is 5.73 Å². The number of rotatable bonds is 4. The molecule has 0 fully saturated rings. The van der Waals surface area contributed by atoms with Gasteiger partial charge in [0.1, 0.15) is 5.01 Å². The fourth-order valence-electron chi connectivity index (χ4n) is 1.37. The normalized spacial score (nSPS) is 11.9. The number of thiazole rings is 1. The summed E-state index contributed by atoms with van der Waals surface area (Å²) in [4.78, 5) is 26.8. The van der Waals surface area contributed by atoms with E-state index in [9.17, 15) is 9.59 Å². The molecule has 0 radical (unpaired) electrons. The highest BCUT2D eigenvalue weighted by atomic mass is 35.5. The lowest BCUT2D eigenvalue weighted by Gasteiger charge is -2.07. The number of primary amides is 1. The monoisotopic (exact) mass is 310 g/mol. The maximum atomic E-state index is 11.8. The van der Waals surface area contributed by atoms with E-state index < -0.39 is 18.0 Å². The first-order chi connectivity index (χ1) is 9.47. The lowest BCUT2D eigenvalue weighted by molar-refractivity contribution is -0.125. The van der Waals surface area contributed by atoms with E-state index in [1.54, 1.807) is 17.5 Å². The molecular formula is C13H11ClN2O3S. The third-order valence-corrected chi connectivity index (χ3v) is 3.63. The minimum atomic E-state index is -0.983. The average Bonchev–Trinajstić information content (AvgIpc) is 2.89. The maximum absolute atomic E-state index is 11.8. The van der Waals surface area contributed by atoms with Gasteiger partial charge in [0, 0.05) is 16.0 Å². The van der Waals surface area contributed by atoms with Crippen molar-refractivity contribution >= 4 is 34.8 Å². The molecule has 0 bridgehead atoms. The summed E-state index contributed by atoms with van der Waals surface area (Å²) in [6, 6.07) is 7.10. The molecule has 0 aliphatic heterocycles. The summed E-state index contributed by atoms with van der Waals surface area (Å²) in [5, 5.41) is 2.86. The Morgan fingerprint density at radius 2 is 2.00 bits per heavy atom. The van der Waals surface area contributed by atoms with Gasteiger partial charge in [-0.1, -0.05) is 23.7 Å². The summed E-state index contributed by atoms with van der Waals surface area (Å²) >= 11 is 7.11. The van der Waals surface area contributed by atoms with E-state index in [0.29, 0.717) is 10.0 Å². The van der Waals surface area contributed by atoms with Crippen LogP contribution in [-0.2, 0) is 9.53 Å². The van der Waals surface area contributed by atoms with Crippen LogP contribution in [0.15, 0.2) is 29.6 Å². The van der Waals surface area contributed by atoms with Crippen molar-refractivity contribution in [1.82, 2.24) is 4.98 Å². The van der Waals surface area contributed by atoms with E-state index >= 15 is 0 Å². The van der Waals surface area contributed by atoms with Gasteiger partial charge in [-0.3, -0.25) is 4.79 Å². The number of carbonyl (C=O) groups is 2. The molecule has 1 unspecified atom stereocenters. The summed E-state index contributed by atoms with van der Waals surface area (Å²) in [6.45, 7) is 1.41. The summed E-state index contributed by atoms with van der Waals surface area (Å²) < 4.78 is 4.88. The van der Waals surface area contributed by atoms with E-state index in [-0.39, 0.29) is 5.69 Å². The summed E-state index contributed by atoms with van der Waals surface area (Å²) in [7, 11) is 0. The highest BCUT2D eigenvalue weighted by Gasteiger charge is 2.18. The second-order valence-corrected chi connectivity index (χ2v) is 5.29. The van der Waals surface area contributed by atoms with Crippen molar-refractivity contribution < 1.29 is 14.3 Å². The second kappa shape index (κ2) is 6.02. The number of nitrogens with two attached hydrogens (primary N) is 1. The lowest BCUT2D eigenvalue weighted by Crippen LogP contribution is -2.30. The number of esters is 1. The van der Waals surface area contributed by atoms with Crippen molar-refractivity contribution in [2.24, 2.45) is 5.73 Å². The molecule has 1 aromatic heterocycles. The Balaban J connectivity index is 2.14. The molecule has 0 spiro atoms. The first-order valence-corrected chi connectivity index (χ1v) is 6.95. The molecule has 0 saturated heterocycles. The number of carbonyl (C=O) groups excluding carboxylic acids is 2. The van der Waals surface area contributed by atoms with Gasteiger partial charge in [-0.05, 0) is 19.1 Å². The van der Waals surface area contributed by atoms with Gasteiger partial charge >= 0.3 is 5.97 Å². The molecule has 1 atom stereocenters. The quantitative estimate of drug-likeness (QED) is 0.880. The van der Waals surface area contributed by atoms with Crippen LogP contribution in [0.25, 0.3) is 10.6 Å². The van der Waals surface area contributed by atoms with Gasteiger partial charge in [-0.2, -0.15) is 0 Å². The minimum absolute atomic E-state index is 0.146. The fourth-order valence-corrected chi connectivity index (χ4v) is 2.29. The Labute approximate surface area is 124 Å². The van der Waals surface area contributed by atoms with Gasteiger partial charge < -0.3 is 10.5 Å². The van der Waals surface area contributed by atoms with E-state index in [1.165, 1.54) is 18.3 Å². The third-order valence-electron chi connectivity index (χ3n) is 2.49. The highest BCUT2D eigenvalue weighted by Crippen LogP contribution is 2.25. The number of halogens is 1. The van der Waals surface area contributed by atoms with E-state index in [1.807, 2.05) is 12.1 Å². The Morgan fingerprint density at radius 3 is 2.60 bits per heavy atom. The van der Waals surface area contributed by atoms with Crippen molar-refractivity contribution in [2.45, 2.75) is 13.0 Å². The van der Waals surface area contributed by atoms with Gasteiger partial charge in [0.15, 0.2) is 11.8 Å². The SMILES string of the molecule is CC(OC(=O)c1csc(-c2ccc(Cl)cc2)n1)C(N)=O. The molecule has 0 aliphatic carbocycles. The zero-order valence-corrected chi connectivity index (χ0v) is 12.1. The van der Waals surface area contributed by atoms with Crippen LogP contribution in [0, 0.1) is 0 Å². The number of ether oxygens (including phenoxy) is 1. The first kappa shape index (κ1) is 14.5. The molecule has 5 nitrogen and oxygen atoms in total. The van der Waals surface area contributed by atoms with Crippen LogP contribution in [0.3, 0.4) is 0 Å². The maximum Gasteiger partial charge on any atom is 0.358 e. The summed E-state index contributed by atoms with van der Waals surface area (Å²) in [5.41, 5.74) is 6.02. The zero-order chi connectivity index (χ0) is 14.7. The van der Waals surface area contributed by atoms with Crippen LogP contribution in [0.1, 0.15) is 17.4 Å². The third kappa shape index (κ3) is 3.34. The van der Waals surface area contributed by atoms with Crippen molar-refractivity contribution in [3.05, 3.63) is 40.4 Å². The minimum Gasteiger partial charge on any atom is -0.448 e. The van der Waals surface area contributed by atoms with Gasteiger partial charge in [0.25, 0.3) is 5.91 Å².